The van der Waals surface area contributed by atoms with Crippen molar-refractivity contribution in [2.45, 2.75) is 0 Å². The number of anilines is 2. The highest BCUT2D eigenvalue weighted by atomic mass is 32.1. The summed E-state index contributed by atoms with van der Waals surface area (Å²) in [5.74, 6) is 0.0250. The Morgan fingerprint density at radius 2 is 2.24 bits per heavy atom. The molecule has 1 aromatic carbocycles. The van der Waals surface area contributed by atoms with Crippen LogP contribution in [0, 0.1) is 0 Å². The van der Waals surface area contributed by atoms with Crippen molar-refractivity contribution in [2.24, 2.45) is 5.10 Å². The fourth-order valence-electron chi connectivity index (χ4n) is 1.15. The molecule has 0 radical (unpaired) electrons. The van der Waals surface area contributed by atoms with E-state index in [0.717, 1.165) is 0 Å². The summed E-state index contributed by atoms with van der Waals surface area (Å²) < 4.78 is 0. The van der Waals surface area contributed by atoms with E-state index >= 15 is 0 Å². The van der Waals surface area contributed by atoms with Crippen LogP contribution in [0.15, 0.2) is 28.7 Å². The van der Waals surface area contributed by atoms with Crippen molar-refractivity contribution < 1.29 is 10.2 Å². The van der Waals surface area contributed by atoms with Crippen molar-refractivity contribution in [1.29, 1.82) is 0 Å². The Balaban J connectivity index is 2.08. The van der Waals surface area contributed by atoms with E-state index in [1.165, 1.54) is 23.6 Å². The second kappa shape index (κ2) is 4.71. The van der Waals surface area contributed by atoms with Gasteiger partial charge in [-0.15, -0.1) is 11.3 Å². The maximum absolute atomic E-state index is 9.50. The molecule has 0 aliphatic carbocycles. The Bertz CT molecular complexity index is 553. The molecule has 0 aliphatic rings. The molecule has 0 unspecified atom stereocenters. The molecule has 0 fully saturated rings. The number of phenols is 2. The number of nitrogens with two attached hydrogens (primary N) is 1. The Labute approximate surface area is 101 Å². The van der Waals surface area contributed by atoms with E-state index in [0.29, 0.717) is 16.5 Å². The number of aromatic hydroxyl groups is 2. The number of para-hydroxylation sites is 1. The molecule has 0 bridgehead atoms. The third-order valence-corrected chi connectivity index (χ3v) is 2.70. The summed E-state index contributed by atoms with van der Waals surface area (Å²) in [7, 11) is 0. The first kappa shape index (κ1) is 11.2. The van der Waals surface area contributed by atoms with Gasteiger partial charge in [0.1, 0.15) is 5.82 Å². The van der Waals surface area contributed by atoms with Crippen molar-refractivity contribution in [3.63, 3.8) is 0 Å². The van der Waals surface area contributed by atoms with Gasteiger partial charge >= 0.3 is 0 Å². The van der Waals surface area contributed by atoms with Gasteiger partial charge in [-0.2, -0.15) is 5.10 Å². The number of rotatable bonds is 3. The molecule has 0 amide bonds. The maximum Gasteiger partial charge on any atom is 0.205 e. The third-order valence-electron chi connectivity index (χ3n) is 1.93. The maximum atomic E-state index is 9.50. The molecular formula is C10H10N4O2S. The average molecular weight is 250 g/mol. The smallest absolute Gasteiger partial charge is 0.205 e. The van der Waals surface area contributed by atoms with Gasteiger partial charge in [-0.05, 0) is 12.1 Å². The second-order valence-corrected chi connectivity index (χ2v) is 4.02. The fourth-order valence-corrected chi connectivity index (χ4v) is 1.70. The van der Waals surface area contributed by atoms with Crippen LogP contribution < -0.4 is 11.2 Å². The van der Waals surface area contributed by atoms with Gasteiger partial charge in [0.2, 0.25) is 5.13 Å². The highest BCUT2D eigenvalue weighted by molar-refractivity contribution is 7.14. The monoisotopic (exact) mass is 250 g/mol. The summed E-state index contributed by atoms with van der Waals surface area (Å²) in [5, 5.41) is 24.9. The molecule has 6 nitrogen and oxygen atoms in total. The van der Waals surface area contributed by atoms with Crippen LogP contribution in [-0.4, -0.2) is 21.4 Å². The second-order valence-electron chi connectivity index (χ2n) is 3.16. The van der Waals surface area contributed by atoms with Crippen LogP contribution in [0.25, 0.3) is 0 Å². The zero-order chi connectivity index (χ0) is 12.3. The van der Waals surface area contributed by atoms with Gasteiger partial charge in [0.05, 0.1) is 6.21 Å². The summed E-state index contributed by atoms with van der Waals surface area (Å²) in [6.07, 6.45) is 1.38. The third kappa shape index (κ3) is 2.64. The van der Waals surface area contributed by atoms with Crippen molar-refractivity contribution in [3.8, 4) is 11.5 Å². The number of hydrogen-bond donors (Lipinski definition) is 4. The van der Waals surface area contributed by atoms with Crippen molar-refractivity contribution in [3.05, 3.63) is 29.1 Å². The van der Waals surface area contributed by atoms with E-state index in [4.69, 9.17) is 5.73 Å². The molecule has 5 N–H and O–H groups in total. The van der Waals surface area contributed by atoms with E-state index in [9.17, 15) is 10.2 Å². The van der Waals surface area contributed by atoms with E-state index in [1.54, 1.807) is 17.5 Å². The molecule has 7 heteroatoms. The minimum atomic E-state index is -0.211. The Morgan fingerprint density at radius 3 is 2.94 bits per heavy atom. The fraction of sp³-hybridized carbons (Fsp3) is 0. The van der Waals surface area contributed by atoms with Gasteiger partial charge in [0.25, 0.3) is 0 Å². The molecule has 2 aromatic rings. The standard InChI is InChI=1S/C10H10N4O2S/c11-8-5-17-10(13-8)14-12-4-6-2-1-3-7(15)9(6)16/h1-5,15-16H,11H2,(H,13,14). The van der Waals surface area contributed by atoms with Crippen molar-refractivity contribution >= 4 is 28.5 Å². The molecule has 2 rings (SSSR count). The number of aromatic nitrogens is 1. The summed E-state index contributed by atoms with van der Waals surface area (Å²) in [6.45, 7) is 0. The lowest BCUT2D eigenvalue weighted by Crippen LogP contribution is -1.91. The van der Waals surface area contributed by atoms with Gasteiger partial charge in [-0.3, -0.25) is 5.43 Å². The lowest BCUT2D eigenvalue weighted by Gasteiger charge is -2.00. The van der Waals surface area contributed by atoms with Gasteiger partial charge in [0.15, 0.2) is 11.5 Å². The summed E-state index contributed by atoms with van der Waals surface area (Å²) in [5.41, 5.74) is 8.51. The van der Waals surface area contributed by atoms with Gasteiger partial charge in [-0.1, -0.05) is 6.07 Å². The highest BCUT2D eigenvalue weighted by Crippen LogP contribution is 2.26. The normalized spacial score (nSPS) is 10.8. The molecule has 17 heavy (non-hydrogen) atoms. The van der Waals surface area contributed by atoms with Crippen LogP contribution in [-0.2, 0) is 0 Å². The molecule has 0 saturated heterocycles. The average Bonchev–Trinajstić information content (AvgIpc) is 2.70. The topological polar surface area (TPSA) is 104 Å². The van der Waals surface area contributed by atoms with Crippen LogP contribution in [0.2, 0.25) is 0 Å². The number of hydrazone groups is 1. The van der Waals surface area contributed by atoms with Crippen LogP contribution in [0.1, 0.15) is 5.56 Å². The number of hydrogen-bond acceptors (Lipinski definition) is 7. The first-order chi connectivity index (χ1) is 8.16. The zero-order valence-corrected chi connectivity index (χ0v) is 9.48. The quantitative estimate of drug-likeness (QED) is 0.376. The number of thiazole rings is 1. The number of nitrogens with one attached hydrogen (secondary N) is 1. The van der Waals surface area contributed by atoms with Crippen LogP contribution >= 0.6 is 11.3 Å². The SMILES string of the molecule is Nc1csc(NN=Cc2cccc(O)c2O)n1. The number of phenolic OH excluding ortho intramolecular Hbond substituents is 2. The van der Waals surface area contributed by atoms with Gasteiger partial charge in [-0.25, -0.2) is 4.98 Å². The van der Waals surface area contributed by atoms with E-state index in [-0.39, 0.29) is 11.5 Å². The molecule has 0 saturated carbocycles. The molecule has 1 heterocycles. The van der Waals surface area contributed by atoms with Gasteiger partial charge in [0, 0.05) is 10.9 Å². The number of nitrogen functional groups attached to an aromatic ring is 1. The zero-order valence-electron chi connectivity index (χ0n) is 8.66. The minimum Gasteiger partial charge on any atom is -0.504 e. The predicted molar refractivity (Wildman–Crippen MR) is 67.5 cm³/mol. The lowest BCUT2D eigenvalue weighted by atomic mass is 10.2. The van der Waals surface area contributed by atoms with Crippen LogP contribution in [0.4, 0.5) is 10.9 Å². The van der Waals surface area contributed by atoms with E-state index in [2.05, 4.69) is 15.5 Å². The highest BCUT2D eigenvalue weighted by Gasteiger charge is 2.02. The largest absolute Gasteiger partial charge is 0.504 e. The van der Waals surface area contributed by atoms with Gasteiger partial charge < -0.3 is 15.9 Å². The van der Waals surface area contributed by atoms with Crippen LogP contribution in [0.5, 0.6) is 11.5 Å². The number of nitrogens with zero attached hydrogens (tertiary/aromatic N) is 2. The molecule has 88 valence electrons. The molecule has 1 aromatic heterocycles. The lowest BCUT2D eigenvalue weighted by molar-refractivity contribution is 0.403. The van der Waals surface area contributed by atoms with Crippen molar-refractivity contribution in [2.75, 3.05) is 11.2 Å². The summed E-state index contributed by atoms with van der Waals surface area (Å²) in [4.78, 5) is 3.94. The Morgan fingerprint density at radius 1 is 1.41 bits per heavy atom. The molecule has 0 atom stereocenters. The number of benzene rings is 1. The molecular weight excluding hydrogens is 240 g/mol. The molecule has 0 spiro atoms. The molecule has 0 aliphatic heterocycles. The summed E-state index contributed by atoms with van der Waals surface area (Å²) in [6, 6.07) is 4.62. The predicted octanol–water partition coefficient (Wildman–Crippen LogP) is 1.58. The Hall–Kier alpha value is -2.28. The van der Waals surface area contributed by atoms with E-state index < -0.39 is 0 Å². The Kier molecular flexibility index (Phi) is 3.10. The van der Waals surface area contributed by atoms with Crippen LogP contribution in [0.3, 0.4) is 0 Å². The first-order valence-electron chi connectivity index (χ1n) is 4.68. The van der Waals surface area contributed by atoms with Crippen molar-refractivity contribution in [1.82, 2.24) is 4.98 Å². The van der Waals surface area contributed by atoms with E-state index in [1.807, 2.05) is 0 Å². The summed E-state index contributed by atoms with van der Waals surface area (Å²) >= 11 is 1.32. The minimum absolute atomic E-state index is 0.188. The first-order valence-corrected chi connectivity index (χ1v) is 5.56.